The number of likely N-dealkylation sites (tertiary alicyclic amines) is 1. The van der Waals surface area contributed by atoms with E-state index in [4.69, 9.17) is 0 Å². The molecule has 0 aromatic rings. The zero-order valence-electron chi connectivity index (χ0n) is 13.2. The highest BCUT2D eigenvalue weighted by Crippen LogP contribution is 2.13. The minimum Gasteiger partial charge on any atom is -0.354 e. The summed E-state index contributed by atoms with van der Waals surface area (Å²) in [6, 6.07) is 1.02. The number of carbonyl (C=O) groups is 1. The lowest BCUT2D eigenvalue weighted by Gasteiger charge is -2.35. The molecular formula is C15H31N3O. The first-order valence-corrected chi connectivity index (χ1v) is 7.68. The van der Waals surface area contributed by atoms with Gasteiger partial charge in [0.05, 0.1) is 6.04 Å². The Hall–Kier alpha value is -0.610. The molecule has 1 unspecified atom stereocenters. The lowest BCUT2D eigenvalue weighted by Crippen LogP contribution is -2.51. The summed E-state index contributed by atoms with van der Waals surface area (Å²) in [5.74, 6) is 0.630. The second-order valence-corrected chi connectivity index (χ2v) is 6.43. The van der Waals surface area contributed by atoms with Crippen molar-refractivity contribution in [2.45, 2.75) is 65.6 Å². The van der Waals surface area contributed by atoms with E-state index >= 15 is 0 Å². The standard InChI is InChI=1S/C15H31N3O/c1-11(2)10-16-15(19)13(5)17-14-6-8-18(9-7-14)12(3)4/h11-14,17H,6-10H2,1-5H3,(H,16,19). The number of rotatable bonds is 6. The largest absolute Gasteiger partial charge is 0.354 e. The average Bonchev–Trinajstić information content (AvgIpc) is 2.36. The van der Waals surface area contributed by atoms with Crippen LogP contribution in [-0.4, -0.2) is 48.6 Å². The molecule has 1 aliphatic heterocycles. The van der Waals surface area contributed by atoms with Crippen LogP contribution in [0.3, 0.4) is 0 Å². The Labute approximate surface area is 118 Å². The molecule has 1 rings (SSSR count). The van der Waals surface area contributed by atoms with E-state index in [2.05, 4.69) is 43.2 Å². The Morgan fingerprint density at radius 3 is 2.21 bits per heavy atom. The van der Waals surface area contributed by atoms with Gasteiger partial charge in [0.15, 0.2) is 0 Å². The van der Waals surface area contributed by atoms with Crippen molar-refractivity contribution in [3.8, 4) is 0 Å². The summed E-state index contributed by atoms with van der Waals surface area (Å²) in [5.41, 5.74) is 0. The molecule has 4 heteroatoms. The van der Waals surface area contributed by atoms with Gasteiger partial charge in [0.25, 0.3) is 0 Å². The first-order valence-electron chi connectivity index (χ1n) is 7.68. The summed E-state index contributed by atoms with van der Waals surface area (Å²) < 4.78 is 0. The molecule has 0 aromatic heterocycles. The maximum absolute atomic E-state index is 11.9. The van der Waals surface area contributed by atoms with Gasteiger partial charge < -0.3 is 15.5 Å². The van der Waals surface area contributed by atoms with Crippen molar-refractivity contribution in [2.24, 2.45) is 5.92 Å². The first kappa shape index (κ1) is 16.4. The van der Waals surface area contributed by atoms with Crippen molar-refractivity contribution in [1.82, 2.24) is 15.5 Å². The van der Waals surface area contributed by atoms with Crippen molar-refractivity contribution >= 4 is 5.91 Å². The van der Waals surface area contributed by atoms with E-state index in [1.807, 2.05) is 6.92 Å². The molecule has 1 heterocycles. The molecule has 0 spiro atoms. The number of hydrogen-bond acceptors (Lipinski definition) is 3. The van der Waals surface area contributed by atoms with Gasteiger partial charge in [-0.3, -0.25) is 4.79 Å². The van der Waals surface area contributed by atoms with Gasteiger partial charge in [-0.05, 0) is 52.6 Å². The van der Waals surface area contributed by atoms with E-state index in [0.29, 0.717) is 18.0 Å². The fourth-order valence-corrected chi connectivity index (χ4v) is 2.47. The fourth-order valence-electron chi connectivity index (χ4n) is 2.47. The third kappa shape index (κ3) is 5.91. The number of amides is 1. The highest BCUT2D eigenvalue weighted by atomic mass is 16.2. The smallest absolute Gasteiger partial charge is 0.236 e. The Balaban J connectivity index is 2.26. The monoisotopic (exact) mass is 269 g/mol. The lowest BCUT2D eigenvalue weighted by molar-refractivity contribution is -0.123. The van der Waals surface area contributed by atoms with Crippen molar-refractivity contribution < 1.29 is 4.79 Å². The summed E-state index contributed by atoms with van der Waals surface area (Å²) in [6.45, 7) is 13.7. The molecule has 1 atom stereocenters. The quantitative estimate of drug-likeness (QED) is 0.770. The van der Waals surface area contributed by atoms with E-state index in [1.54, 1.807) is 0 Å². The molecule has 0 saturated carbocycles. The Kier molecular flexibility index (Phi) is 6.80. The Morgan fingerprint density at radius 1 is 1.16 bits per heavy atom. The number of carbonyl (C=O) groups excluding carboxylic acids is 1. The summed E-state index contributed by atoms with van der Waals surface area (Å²) in [5, 5.41) is 6.45. The molecule has 1 amide bonds. The van der Waals surface area contributed by atoms with Crippen LogP contribution in [0.15, 0.2) is 0 Å². The van der Waals surface area contributed by atoms with Crippen LogP contribution in [-0.2, 0) is 4.79 Å². The van der Waals surface area contributed by atoms with Crippen LogP contribution in [0.25, 0.3) is 0 Å². The first-order chi connectivity index (χ1) is 8.90. The topological polar surface area (TPSA) is 44.4 Å². The molecule has 1 fully saturated rings. The van der Waals surface area contributed by atoms with E-state index in [9.17, 15) is 4.79 Å². The van der Waals surface area contributed by atoms with Crippen molar-refractivity contribution in [2.75, 3.05) is 19.6 Å². The number of nitrogens with one attached hydrogen (secondary N) is 2. The molecule has 0 aromatic carbocycles. The third-order valence-electron chi connectivity index (χ3n) is 3.82. The van der Waals surface area contributed by atoms with Crippen LogP contribution in [0.2, 0.25) is 0 Å². The second kappa shape index (κ2) is 7.85. The van der Waals surface area contributed by atoms with Crippen LogP contribution >= 0.6 is 0 Å². The zero-order valence-corrected chi connectivity index (χ0v) is 13.2. The van der Waals surface area contributed by atoms with Crippen LogP contribution in [0.5, 0.6) is 0 Å². The van der Waals surface area contributed by atoms with E-state index < -0.39 is 0 Å². The van der Waals surface area contributed by atoms with Crippen LogP contribution in [0.4, 0.5) is 0 Å². The molecule has 1 saturated heterocycles. The van der Waals surface area contributed by atoms with E-state index in [1.165, 1.54) is 0 Å². The molecule has 2 N–H and O–H groups in total. The normalized spacial score (nSPS) is 19.9. The van der Waals surface area contributed by atoms with Gasteiger partial charge in [0.2, 0.25) is 5.91 Å². The van der Waals surface area contributed by atoms with Gasteiger partial charge in [-0.2, -0.15) is 0 Å². The highest BCUT2D eigenvalue weighted by molar-refractivity contribution is 5.81. The average molecular weight is 269 g/mol. The number of piperidine rings is 1. The minimum absolute atomic E-state index is 0.0886. The summed E-state index contributed by atoms with van der Waals surface area (Å²) in [4.78, 5) is 14.4. The molecule has 0 aliphatic carbocycles. The molecule has 4 nitrogen and oxygen atoms in total. The highest BCUT2D eigenvalue weighted by Gasteiger charge is 2.23. The minimum atomic E-state index is -0.0886. The van der Waals surface area contributed by atoms with Gasteiger partial charge in [0, 0.05) is 18.6 Å². The molecule has 0 radical (unpaired) electrons. The second-order valence-electron chi connectivity index (χ2n) is 6.43. The maximum Gasteiger partial charge on any atom is 0.236 e. The van der Waals surface area contributed by atoms with Crippen LogP contribution in [0, 0.1) is 5.92 Å². The number of nitrogens with zero attached hydrogens (tertiary/aromatic N) is 1. The predicted molar refractivity (Wildman–Crippen MR) is 80.2 cm³/mol. The van der Waals surface area contributed by atoms with E-state index in [-0.39, 0.29) is 11.9 Å². The molecule has 0 bridgehead atoms. The maximum atomic E-state index is 11.9. The lowest BCUT2D eigenvalue weighted by atomic mass is 10.0. The number of hydrogen-bond donors (Lipinski definition) is 2. The summed E-state index contributed by atoms with van der Waals surface area (Å²) in [6.07, 6.45) is 2.28. The van der Waals surface area contributed by atoms with Crippen molar-refractivity contribution in [3.05, 3.63) is 0 Å². The van der Waals surface area contributed by atoms with Crippen LogP contribution in [0.1, 0.15) is 47.5 Å². The Morgan fingerprint density at radius 2 is 1.74 bits per heavy atom. The Bertz CT molecular complexity index is 271. The van der Waals surface area contributed by atoms with Gasteiger partial charge in [0.1, 0.15) is 0 Å². The van der Waals surface area contributed by atoms with Gasteiger partial charge in [-0.15, -0.1) is 0 Å². The third-order valence-corrected chi connectivity index (χ3v) is 3.82. The summed E-state index contributed by atoms with van der Waals surface area (Å²) in [7, 11) is 0. The van der Waals surface area contributed by atoms with Gasteiger partial charge in [-0.1, -0.05) is 13.8 Å². The van der Waals surface area contributed by atoms with Gasteiger partial charge >= 0.3 is 0 Å². The zero-order chi connectivity index (χ0) is 14.4. The fraction of sp³-hybridized carbons (Fsp3) is 0.933. The SMILES string of the molecule is CC(C)CNC(=O)C(C)NC1CCN(C(C)C)CC1. The predicted octanol–water partition coefficient (Wildman–Crippen LogP) is 1.61. The van der Waals surface area contributed by atoms with Crippen LogP contribution < -0.4 is 10.6 Å². The van der Waals surface area contributed by atoms with E-state index in [0.717, 1.165) is 32.5 Å². The van der Waals surface area contributed by atoms with Crippen molar-refractivity contribution in [1.29, 1.82) is 0 Å². The molecule has 112 valence electrons. The summed E-state index contributed by atoms with van der Waals surface area (Å²) >= 11 is 0. The molecule has 19 heavy (non-hydrogen) atoms. The van der Waals surface area contributed by atoms with Crippen molar-refractivity contribution in [3.63, 3.8) is 0 Å². The molecular weight excluding hydrogens is 238 g/mol. The van der Waals surface area contributed by atoms with Gasteiger partial charge in [-0.25, -0.2) is 0 Å². The molecule has 1 aliphatic rings.